The van der Waals surface area contributed by atoms with E-state index < -0.39 is 23.7 Å². The van der Waals surface area contributed by atoms with E-state index in [0.717, 1.165) is 6.42 Å². The van der Waals surface area contributed by atoms with E-state index >= 15 is 0 Å². The summed E-state index contributed by atoms with van der Waals surface area (Å²) in [5.74, 6) is -3.98. The van der Waals surface area contributed by atoms with Gasteiger partial charge in [0.05, 0.1) is 16.5 Å². The minimum atomic E-state index is -3.23. The van der Waals surface area contributed by atoms with Gasteiger partial charge >= 0.3 is 5.97 Å². The van der Waals surface area contributed by atoms with Gasteiger partial charge in [-0.2, -0.15) is 0 Å². The van der Waals surface area contributed by atoms with Crippen LogP contribution in [0.25, 0.3) is 0 Å². The number of alkyl halides is 2. The lowest BCUT2D eigenvalue weighted by Crippen LogP contribution is -2.31. The second-order valence-corrected chi connectivity index (χ2v) is 6.42. The van der Waals surface area contributed by atoms with E-state index in [1.54, 1.807) is 0 Å². The number of carbonyl (C=O) groups is 1. The Morgan fingerprint density at radius 3 is 2.48 bits per heavy atom. The third kappa shape index (κ3) is 4.66. The summed E-state index contributed by atoms with van der Waals surface area (Å²) in [5, 5.41) is 8.98. The molecule has 0 aliphatic carbocycles. The Morgan fingerprint density at radius 2 is 2.00 bits per heavy atom. The van der Waals surface area contributed by atoms with Crippen molar-refractivity contribution in [3.05, 3.63) is 28.2 Å². The molecule has 0 saturated carbocycles. The zero-order chi connectivity index (χ0) is 16.3. The molecule has 0 fully saturated rings. The third-order valence-electron chi connectivity index (χ3n) is 3.06. The van der Waals surface area contributed by atoms with Gasteiger partial charge in [0.15, 0.2) is 0 Å². The molecular formula is C15H19BrF2O3. The summed E-state index contributed by atoms with van der Waals surface area (Å²) in [6.45, 7) is 5.03. The quantitative estimate of drug-likeness (QED) is 0.753. The number of rotatable bonds is 7. The number of benzene rings is 1. The highest BCUT2D eigenvalue weighted by Gasteiger charge is 2.42. The molecule has 0 radical (unpaired) electrons. The van der Waals surface area contributed by atoms with E-state index in [1.807, 2.05) is 6.92 Å². The van der Waals surface area contributed by atoms with Crippen molar-refractivity contribution in [2.45, 2.75) is 39.5 Å². The fourth-order valence-corrected chi connectivity index (χ4v) is 2.28. The van der Waals surface area contributed by atoms with Crippen molar-refractivity contribution in [1.82, 2.24) is 0 Å². The Morgan fingerprint density at radius 1 is 1.38 bits per heavy atom. The summed E-state index contributed by atoms with van der Waals surface area (Å²) < 4.78 is 34.3. The first-order valence-electron chi connectivity index (χ1n) is 6.64. The van der Waals surface area contributed by atoms with E-state index in [1.165, 1.54) is 32.0 Å². The Labute approximate surface area is 131 Å². The maximum Gasteiger partial charge on any atom is 0.309 e. The van der Waals surface area contributed by atoms with Crippen LogP contribution in [0.15, 0.2) is 22.7 Å². The average Bonchev–Trinajstić information content (AvgIpc) is 2.35. The molecule has 0 unspecified atom stereocenters. The molecule has 0 bridgehead atoms. The van der Waals surface area contributed by atoms with E-state index in [0.29, 0.717) is 16.8 Å². The van der Waals surface area contributed by atoms with Gasteiger partial charge in [0.2, 0.25) is 0 Å². The van der Waals surface area contributed by atoms with Gasteiger partial charge in [0, 0.05) is 12.0 Å². The van der Waals surface area contributed by atoms with Crippen LogP contribution >= 0.6 is 15.9 Å². The number of carboxylic acid groups (broad SMARTS) is 1. The number of aliphatic carboxylic acids is 1. The lowest BCUT2D eigenvalue weighted by molar-refractivity contribution is -0.153. The highest BCUT2D eigenvalue weighted by atomic mass is 79.9. The first-order chi connectivity index (χ1) is 9.60. The van der Waals surface area contributed by atoms with Crippen LogP contribution in [0, 0.1) is 5.41 Å². The second-order valence-electron chi connectivity index (χ2n) is 5.56. The van der Waals surface area contributed by atoms with Crippen molar-refractivity contribution < 1.29 is 23.4 Å². The summed E-state index contributed by atoms with van der Waals surface area (Å²) in [4.78, 5) is 11.0. The predicted molar refractivity (Wildman–Crippen MR) is 79.9 cm³/mol. The predicted octanol–water partition coefficient (Wildman–Crippen LogP) is 4.83. The molecule has 0 saturated heterocycles. The van der Waals surface area contributed by atoms with Gasteiger partial charge in [-0.05, 0) is 54.4 Å². The SMILES string of the molecule is CCCOc1ccc(C(F)(F)CC(C)(C)C(=O)O)cc1Br. The van der Waals surface area contributed by atoms with Crippen molar-refractivity contribution in [3.63, 3.8) is 0 Å². The monoisotopic (exact) mass is 364 g/mol. The van der Waals surface area contributed by atoms with Crippen LogP contribution in [-0.2, 0) is 10.7 Å². The van der Waals surface area contributed by atoms with Crippen LogP contribution in [0.4, 0.5) is 8.78 Å². The molecule has 6 heteroatoms. The highest BCUT2D eigenvalue weighted by Crippen LogP contribution is 2.41. The molecule has 0 amide bonds. The molecular weight excluding hydrogens is 346 g/mol. The van der Waals surface area contributed by atoms with Crippen LogP contribution in [0.5, 0.6) is 5.75 Å². The number of carboxylic acids is 1. The Kier molecular flexibility index (Phi) is 5.73. The van der Waals surface area contributed by atoms with E-state index in [4.69, 9.17) is 9.84 Å². The van der Waals surface area contributed by atoms with Gasteiger partial charge < -0.3 is 9.84 Å². The maximum atomic E-state index is 14.3. The molecule has 1 rings (SSSR count). The van der Waals surface area contributed by atoms with Crippen molar-refractivity contribution in [2.75, 3.05) is 6.61 Å². The summed E-state index contributed by atoms with van der Waals surface area (Å²) in [7, 11) is 0. The van der Waals surface area contributed by atoms with E-state index in [-0.39, 0.29) is 5.56 Å². The van der Waals surface area contributed by atoms with Crippen molar-refractivity contribution >= 4 is 21.9 Å². The topological polar surface area (TPSA) is 46.5 Å². The molecule has 3 nitrogen and oxygen atoms in total. The number of hydrogen-bond donors (Lipinski definition) is 1. The summed E-state index contributed by atoms with van der Waals surface area (Å²) in [5.41, 5.74) is -1.74. The minimum Gasteiger partial charge on any atom is -0.492 e. The second kappa shape index (κ2) is 6.73. The van der Waals surface area contributed by atoms with Crippen molar-refractivity contribution in [3.8, 4) is 5.75 Å². The highest BCUT2D eigenvalue weighted by molar-refractivity contribution is 9.10. The van der Waals surface area contributed by atoms with Gasteiger partial charge in [-0.1, -0.05) is 6.92 Å². The van der Waals surface area contributed by atoms with Gasteiger partial charge in [-0.3, -0.25) is 4.79 Å². The lowest BCUT2D eigenvalue weighted by Gasteiger charge is -2.26. The molecule has 1 aromatic rings. The summed E-state index contributed by atoms with van der Waals surface area (Å²) in [6.07, 6.45) is 0.0497. The number of halogens is 3. The molecule has 0 aromatic heterocycles. The largest absolute Gasteiger partial charge is 0.492 e. The van der Waals surface area contributed by atoms with Crippen molar-refractivity contribution in [2.24, 2.45) is 5.41 Å². The van der Waals surface area contributed by atoms with Crippen LogP contribution in [0.3, 0.4) is 0 Å². The zero-order valence-corrected chi connectivity index (χ0v) is 13.8. The molecule has 1 aromatic carbocycles. The van der Waals surface area contributed by atoms with Gasteiger partial charge in [-0.25, -0.2) is 8.78 Å². The van der Waals surface area contributed by atoms with Crippen LogP contribution < -0.4 is 4.74 Å². The summed E-state index contributed by atoms with van der Waals surface area (Å²) >= 11 is 3.20. The Hall–Kier alpha value is -1.17. The first-order valence-corrected chi connectivity index (χ1v) is 7.43. The summed E-state index contributed by atoms with van der Waals surface area (Å²) in [6, 6.07) is 4.02. The molecule has 0 aliphatic rings. The average molecular weight is 365 g/mol. The van der Waals surface area contributed by atoms with Gasteiger partial charge in [0.1, 0.15) is 5.75 Å². The first kappa shape index (κ1) is 17.9. The normalized spacial score (nSPS) is 12.3. The third-order valence-corrected chi connectivity index (χ3v) is 3.68. The van der Waals surface area contributed by atoms with Crippen LogP contribution in [0.1, 0.15) is 39.2 Å². The van der Waals surface area contributed by atoms with E-state index in [2.05, 4.69) is 15.9 Å². The fourth-order valence-electron chi connectivity index (χ4n) is 1.79. The Balaban J connectivity index is 2.98. The number of hydrogen-bond acceptors (Lipinski definition) is 2. The molecule has 118 valence electrons. The maximum absolute atomic E-state index is 14.3. The molecule has 1 N–H and O–H groups in total. The zero-order valence-electron chi connectivity index (χ0n) is 12.3. The van der Waals surface area contributed by atoms with E-state index in [9.17, 15) is 13.6 Å². The molecule has 0 atom stereocenters. The molecule has 0 heterocycles. The van der Waals surface area contributed by atoms with Gasteiger partial charge in [-0.15, -0.1) is 0 Å². The van der Waals surface area contributed by atoms with Gasteiger partial charge in [0.25, 0.3) is 5.92 Å². The molecule has 0 spiro atoms. The standard InChI is InChI=1S/C15H19BrF2O3/c1-4-7-21-12-6-5-10(8-11(12)16)15(17,18)9-14(2,3)13(19)20/h5-6,8H,4,7,9H2,1-3H3,(H,19,20). The fraction of sp³-hybridized carbons (Fsp3) is 0.533. The van der Waals surface area contributed by atoms with Crippen molar-refractivity contribution in [1.29, 1.82) is 0 Å². The molecule has 0 aliphatic heterocycles. The van der Waals surface area contributed by atoms with Crippen LogP contribution in [0.2, 0.25) is 0 Å². The smallest absolute Gasteiger partial charge is 0.309 e. The molecule has 21 heavy (non-hydrogen) atoms. The van der Waals surface area contributed by atoms with Crippen LogP contribution in [-0.4, -0.2) is 17.7 Å². The minimum absolute atomic E-state index is 0.229. The lowest BCUT2D eigenvalue weighted by atomic mass is 9.84. The Bertz CT molecular complexity index is 516. The number of ether oxygens (including phenoxy) is 1.